The van der Waals surface area contributed by atoms with E-state index in [0.717, 1.165) is 17.5 Å². The molecule has 0 aliphatic rings. The largest absolute Gasteiger partial charge is 0.369 e. The first kappa shape index (κ1) is 12.2. The van der Waals surface area contributed by atoms with E-state index in [2.05, 4.69) is 58.4 Å². The number of anilines is 1. The van der Waals surface area contributed by atoms with Crippen molar-refractivity contribution in [3.05, 3.63) is 46.2 Å². The molecule has 2 heterocycles. The highest BCUT2D eigenvalue weighted by Crippen LogP contribution is 2.26. The average Bonchev–Trinajstić information content (AvgIpc) is 2.95. The predicted octanol–water partition coefficient (Wildman–Crippen LogP) is 3.79. The lowest BCUT2D eigenvalue weighted by Crippen LogP contribution is -2.11. The fourth-order valence-electron chi connectivity index (χ4n) is 2.53. The summed E-state index contributed by atoms with van der Waals surface area (Å²) in [6, 6.07) is 8.78. The quantitative estimate of drug-likeness (QED) is 0.787. The van der Waals surface area contributed by atoms with E-state index in [-0.39, 0.29) is 0 Å². The Hall–Kier alpha value is -1.81. The minimum atomic E-state index is 0.308. The monoisotopic (exact) mass is 271 g/mol. The molecule has 3 rings (SSSR count). The van der Waals surface area contributed by atoms with Crippen molar-refractivity contribution in [2.24, 2.45) is 0 Å². The summed E-state index contributed by atoms with van der Waals surface area (Å²) in [6.07, 6.45) is 0.979. The van der Waals surface area contributed by atoms with Gasteiger partial charge in [0.2, 0.25) is 5.95 Å². The minimum Gasteiger partial charge on any atom is -0.369 e. The number of imidazole rings is 1. The second-order valence-corrected chi connectivity index (χ2v) is 5.80. The van der Waals surface area contributed by atoms with Gasteiger partial charge in [-0.3, -0.25) is 0 Å². The molecule has 0 radical (unpaired) electrons. The highest BCUT2D eigenvalue weighted by atomic mass is 32.1. The van der Waals surface area contributed by atoms with Crippen LogP contribution >= 0.6 is 11.3 Å². The molecule has 0 amide bonds. The standard InChI is InChI=1S/C15H17N3S/c1-10-3-4-14-13(7-10)17-15(16)18(14)11(2)8-12-5-6-19-9-12/h3-7,9,11H,8H2,1-2H3,(H2,16,17). The summed E-state index contributed by atoms with van der Waals surface area (Å²) < 4.78 is 2.13. The van der Waals surface area contributed by atoms with Gasteiger partial charge >= 0.3 is 0 Å². The third-order valence-corrected chi connectivity index (χ3v) is 4.16. The molecule has 0 saturated heterocycles. The van der Waals surface area contributed by atoms with Gasteiger partial charge in [-0.15, -0.1) is 0 Å². The lowest BCUT2D eigenvalue weighted by Gasteiger charge is -2.15. The SMILES string of the molecule is Cc1ccc2c(c1)nc(N)n2C(C)Cc1ccsc1. The van der Waals surface area contributed by atoms with Crippen LogP contribution in [0.1, 0.15) is 24.1 Å². The number of fused-ring (bicyclic) bond motifs is 1. The highest BCUT2D eigenvalue weighted by molar-refractivity contribution is 7.07. The Bertz CT molecular complexity index is 698. The molecule has 2 N–H and O–H groups in total. The number of nitrogens with two attached hydrogens (primary N) is 1. The number of aromatic nitrogens is 2. The maximum Gasteiger partial charge on any atom is 0.201 e. The normalized spacial score (nSPS) is 12.9. The second-order valence-electron chi connectivity index (χ2n) is 5.02. The van der Waals surface area contributed by atoms with Crippen LogP contribution in [0.4, 0.5) is 5.95 Å². The van der Waals surface area contributed by atoms with E-state index < -0.39 is 0 Å². The predicted molar refractivity (Wildman–Crippen MR) is 81.6 cm³/mol. The molecular formula is C15H17N3S. The van der Waals surface area contributed by atoms with Crippen molar-refractivity contribution in [2.75, 3.05) is 5.73 Å². The third-order valence-electron chi connectivity index (χ3n) is 3.42. The van der Waals surface area contributed by atoms with Crippen LogP contribution in [-0.2, 0) is 6.42 Å². The van der Waals surface area contributed by atoms with Gasteiger partial charge in [-0.25, -0.2) is 4.98 Å². The Labute approximate surface area is 116 Å². The van der Waals surface area contributed by atoms with Gasteiger partial charge in [0.15, 0.2) is 0 Å². The van der Waals surface area contributed by atoms with Gasteiger partial charge < -0.3 is 10.3 Å². The van der Waals surface area contributed by atoms with Crippen LogP contribution in [0.3, 0.4) is 0 Å². The minimum absolute atomic E-state index is 0.308. The molecule has 19 heavy (non-hydrogen) atoms. The molecular weight excluding hydrogens is 254 g/mol. The Morgan fingerprint density at radius 3 is 2.95 bits per heavy atom. The summed E-state index contributed by atoms with van der Waals surface area (Å²) in [7, 11) is 0. The summed E-state index contributed by atoms with van der Waals surface area (Å²) in [5.74, 6) is 0.600. The number of aryl methyl sites for hydroxylation is 1. The number of benzene rings is 1. The first-order valence-electron chi connectivity index (χ1n) is 6.40. The number of nitrogens with zero attached hydrogens (tertiary/aromatic N) is 2. The van der Waals surface area contributed by atoms with Crippen LogP contribution in [-0.4, -0.2) is 9.55 Å². The first-order valence-corrected chi connectivity index (χ1v) is 7.34. The van der Waals surface area contributed by atoms with Crippen LogP contribution in [0.5, 0.6) is 0 Å². The number of thiophene rings is 1. The number of hydrogen-bond donors (Lipinski definition) is 1. The highest BCUT2D eigenvalue weighted by Gasteiger charge is 2.14. The smallest absolute Gasteiger partial charge is 0.201 e. The topological polar surface area (TPSA) is 43.8 Å². The molecule has 1 aromatic carbocycles. The molecule has 0 saturated carbocycles. The molecule has 1 unspecified atom stereocenters. The molecule has 3 aromatic rings. The lowest BCUT2D eigenvalue weighted by molar-refractivity contribution is 0.567. The van der Waals surface area contributed by atoms with Crippen molar-refractivity contribution < 1.29 is 0 Å². The van der Waals surface area contributed by atoms with Crippen LogP contribution in [0, 0.1) is 6.92 Å². The number of hydrogen-bond acceptors (Lipinski definition) is 3. The van der Waals surface area contributed by atoms with Gasteiger partial charge in [0, 0.05) is 6.04 Å². The molecule has 0 aliphatic carbocycles. The van der Waals surface area contributed by atoms with Crippen molar-refractivity contribution in [1.29, 1.82) is 0 Å². The fraction of sp³-hybridized carbons (Fsp3) is 0.267. The average molecular weight is 271 g/mol. The maximum atomic E-state index is 6.09. The van der Waals surface area contributed by atoms with Gasteiger partial charge in [0.25, 0.3) is 0 Å². The molecule has 2 aromatic heterocycles. The number of rotatable bonds is 3. The van der Waals surface area contributed by atoms with Crippen molar-refractivity contribution in [3.63, 3.8) is 0 Å². The summed E-state index contributed by atoms with van der Waals surface area (Å²) in [5, 5.41) is 4.30. The van der Waals surface area contributed by atoms with Gasteiger partial charge in [-0.2, -0.15) is 11.3 Å². The molecule has 0 aliphatic heterocycles. The molecule has 0 bridgehead atoms. The zero-order valence-corrected chi connectivity index (χ0v) is 11.9. The van der Waals surface area contributed by atoms with Crippen molar-refractivity contribution >= 4 is 28.3 Å². The van der Waals surface area contributed by atoms with E-state index >= 15 is 0 Å². The van der Waals surface area contributed by atoms with Crippen molar-refractivity contribution in [3.8, 4) is 0 Å². The van der Waals surface area contributed by atoms with Crippen LogP contribution < -0.4 is 5.73 Å². The lowest BCUT2D eigenvalue weighted by atomic mass is 10.1. The van der Waals surface area contributed by atoms with E-state index in [9.17, 15) is 0 Å². The molecule has 1 atom stereocenters. The van der Waals surface area contributed by atoms with E-state index in [1.54, 1.807) is 11.3 Å². The Morgan fingerprint density at radius 2 is 2.21 bits per heavy atom. The molecule has 98 valence electrons. The second kappa shape index (κ2) is 4.70. The van der Waals surface area contributed by atoms with E-state index in [1.807, 2.05) is 0 Å². The first-order chi connectivity index (χ1) is 9.15. The van der Waals surface area contributed by atoms with E-state index in [0.29, 0.717) is 12.0 Å². The third kappa shape index (κ3) is 2.24. The Morgan fingerprint density at radius 1 is 1.37 bits per heavy atom. The van der Waals surface area contributed by atoms with Gasteiger partial charge in [-0.05, 0) is 60.4 Å². The van der Waals surface area contributed by atoms with Crippen molar-refractivity contribution in [2.45, 2.75) is 26.3 Å². The van der Waals surface area contributed by atoms with Crippen LogP contribution in [0.15, 0.2) is 35.0 Å². The molecule has 3 nitrogen and oxygen atoms in total. The summed E-state index contributed by atoms with van der Waals surface area (Å²) in [5.41, 5.74) is 10.7. The van der Waals surface area contributed by atoms with Crippen molar-refractivity contribution in [1.82, 2.24) is 9.55 Å². The Balaban J connectivity index is 2.01. The fourth-order valence-corrected chi connectivity index (χ4v) is 3.21. The van der Waals surface area contributed by atoms with Gasteiger partial charge in [0.1, 0.15) is 0 Å². The van der Waals surface area contributed by atoms with Gasteiger partial charge in [-0.1, -0.05) is 6.07 Å². The summed E-state index contributed by atoms with van der Waals surface area (Å²) in [4.78, 5) is 4.47. The van der Waals surface area contributed by atoms with Crippen LogP contribution in [0.25, 0.3) is 11.0 Å². The zero-order chi connectivity index (χ0) is 13.4. The van der Waals surface area contributed by atoms with Gasteiger partial charge in [0.05, 0.1) is 11.0 Å². The van der Waals surface area contributed by atoms with Crippen LogP contribution in [0.2, 0.25) is 0 Å². The summed E-state index contributed by atoms with van der Waals surface area (Å²) in [6.45, 7) is 4.26. The molecule has 4 heteroatoms. The molecule has 0 fully saturated rings. The number of nitrogen functional groups attached to an aromatic ring is 1. The Kier molecular flexibility index (Phi) is 3.03. The molecule has 0 spiro atoms. The zero-order valence-electron chi connectivity index (χ0n) is 11.1. The van der Waals surface area contributed by atoms with E-state index in [4.69, 9.17) is 5.73 Å². The summed E-state index contributed by atoms with van der Waals surface area (Å²) >= 11 is 1.73. The maximum absolute atomic E-state index is 6.09. The van der Waals surface area contributed by atoms with E-state index in [1.165, 1.54) is 11.1 Å².